The minimum absolute atomic E-state index is 0.00619. The van der Waals surface area contributed by atoms with E-state index in [1.165, 1.54) is 0 Å². The number of ether oxygens (including phenoxy) is 1. The lowest BCUT2D eigenvalue weighted by Gasteiger charge is -2.15. The lowest BCUT2D eigenvalue weighted by molar-refractivity contribution is 0.0907. The fourth-order valence-electron chi connectivity index (χ4n) is 1.70. The van der Waals surface area contributed by atoms with Crippen LogP contribution >= 0.6 is 15.9 Å². The van der Waals surface area contributed by atoms with Crippen LogP contribution in [-0.2, 0) is 4.74 Å². The Morgan fingerprint density at radius 3 is 2.41 bits per heavy atom. The van der Waals surface area contributed by atoms with Gasteiger partial charge < -0.3 is 10.1 Å². The molecule has 0 spiro atoms. The summed E-state index contributed by atoms with van der Waals surface area (Å²) in [6.45, 7) is 4.48. The van der Waals surface area contributed by atoms with E-state index in [9.17, 15) is 4.79 Å². The Labute approximate surface area is 111 Å². The standard InChI is InChI=1S/C13H18BrNO2/c1-9-4-10(2)6-11(5-9)13(16)15-12(7-14)8-17-3/h4-6,12H,7-8H2,1-3H3,(H,15,16). The van der Waals surface area contributed by atoms with Crippen LogP contribution in [0.3, 0.4) is 0 Å². The second kappa shape index (κ2) is 6.77. The van der Waals surface area contributed by atoms with E-state index in [0.29, 0.717) is 17.5 Å². The van der Waals surface area contributed by atoms with Gasteiger partial charge >= 0.3 is 0 Å². The molecule has 0 heterocycles. The molecule has 1 amide bonds. The first-order valence-corrected chi connectivity index (χ1v) is 6.63. The Kier molecular flexibility index (Phi) is 5.65. The van der Waals surface area contributed by atoms with Crippen LogP contribution in [0, 0.1) is 13.8 Å². The van der Waals surface area contributed by atoms with Crippen LogP contribution in [-0.4, -0.2) is 31.0 Å². The maximum atomic E-state index is 12.0. The number of halogens is 1. The predicted molar refractivity (Wildman–Crippen MR) is 72.8 cm³/mol. The molecule has 0 saturated heterocycles. The smallest absolute Gasteiger partial charge is 0.251 e. The fraction of sp³-hybridized carbons (Fsp3) is 0.462. The maximum Gasteiger partial charge on any atom is 0.251 e. The van der Waals surface area contributed by atoms with Gasteiger partial charge in [-0.3, -0.25) is 4.79 Å². The second-order valence-electron chi connectivity index (χ2n) is 4.16. The molecule has 0 fully saturated rings. The summed E-state index contributed by atoms with van der Waals surface area (Å²) in [6, 6.07) is 5.82. The van der Waals surface area contributed by atoms with Crippen molar-refractivity contribution in [2.75, 3.05) is 19.0 Å². The molecule has 3 nitrogen and oxygen atoms in total. The lowest BCUT2D eigenvalue weighted by Crippen LogP contribution is -2.39. The third-order valence-electron chi connectivity index (χ3n) is 2.37. The number of carbonyl (C=O) groups excluding carboxylic acids is 1. The summed E-state index contributed by atoms with van der Waals surface area (Å²) >= 11 is 3.35. The number of nitrogens with one attached hydrogen (secondary N) is 1. The van der Waals surface area contributed by atoms with E-state index in [4.69, 9.17) is 4.74 Å². The van der Waals surface area contributed by atoms with E-state index in [-0.39, 0.29) is 11.9 Å². The summed E-state index contributed by atoms with van der Waals surface area (Å²) in [4.78, 5) is 12.0. The van der Waals surface area contributed by atoms with Crippen LogP contribution in [0.15, 0.2) is 18.2 Å². The topological polar surface area (TPSA) is 38.3 Å². The first kappa shape index (κ1) is 14.2. The highest BCUT2D eigenvalue weighted by Gasteiger charge is 2.12. The van der Waals surface area contributed by atoms with Gasteiger partial charge in [-0.05, 0) is 26.0 Å². The minimum Gasteiger partial charge on any atom is -0.383 e. The average Bonchev–Trinajstić information content (AvgIpc) is 2.27. The summed E-state index contributed by atoms with van der Waals surface area (Å²) in [7, 11) is 1.62. The normalized spacial score (nSPS) is 12.2. The predicted octanol–water partition coefficient (Wildman–Crippen LogP) is 2.44. The molecule has 0 saturated carbocycles. The van der Waals surface area contributed by atoms with Gasteiger partial charge in [-0.1, -0.05) is 33.1 Å². The maximum absolute atomic E-state index is 12.0. The summed E-state index contributed by atoms with van der Waals surface area (Å²) in [5.74, 6) is -0.0571. The van der Waals surface area contributed by atoms with Gasteiger partial charge in [0.05, 0.1) is 12.6 Å². The number of amides is 1. The highest BCUT2D eigenvalue weighted by atomic mass is 79.9. The molecule has 0 radical (unpaired) electrons. The molecular weight excluding hydrogens is 282 g/mol. The van der Waals surface area contributed by atoms with Crippen molar-refractivity contribution in [3.63, 3.8) is 0 Å². The molecule has 0 aromatic heterocycles. The van der Waals surface area contributed by atoms with E-state index in [0.717, 1.165) is 11.1 Å². The zero-order valence-electron chi connectivity index (χ0n) is 10.4. The van der Waals surface area contributed by atoms with Gasteiger partial charge in [0.25, 0.3) is 5.91 Å². The number of benzene rings is 1. The van der Waals surface area contributed by atoms with Crippen LogP contribution in [0.1, 0.15) is 21.5 Å². The second-order valence-corrected chi connectivity index (χ2v) is 4.80. The van der Waals surface area contributed by atoms with Crippen molar-refractivity contribution in [2.45, 2.75) is 19.9 Å². The monoisotopic (exact) mass is 299 g/mol. The van der Waals surface area contributed by atoms with Gasteiger partial charge in [-0.15, -0.1) is 0 Å². The quantitative estimate of drug-likeness (QED) is 0.848. The summed E-state index contributed by atoms with van der Waals surface area (Å²) < 4.78 is 5.03. The summed E-state index contributed by atoms with van der Waals surface area (Å²) in [5, 5.41) is 3.61. The van der Waals surface area contributed by atoms with E-state index < -0.39 is 0 Å². The molecule has 0 aliphatic rings. The Morgan fingerprint density at radius 1 is 1.35 bits per heavy atom. The first-order valence-electron chi connectivity index (χ1n) is 5.51. The van der Waals surface area contributed by atoms with Crippen molar-refractivity contribution in [1.29, 1.82) is 0 Å². The van der Waals surface area contributed by atoms with Gasteiger partial charge in [0, 0.05) is 18.0 Å². The van der Waals surface area contributed by atoms with E-state index in [1.807, 2.05) is 32.0 Å². The number of methoxy groups -OCH3 is 1. The van der Waals surface area contributed by atoms with Gasteiger partial charge in [0.15, 0.2) is 0 Å². The number of aryl methyl sites for hydroxylation is 2. The minimum atomic E-state index is -0.0571. The summed E-state index contributed by atoms with van der Waals surface area (Å²) in [5.41, 5.74) is 2.89. The van der Waals surface area contributed by atoms with Crippen molar-refractivity contribution in [3.8, 4) is 0 Å². The van der Waals surface area contributed by atoms with Crippen molar-refractivity contribution >= 4 is 21.8 Å². The number of hydrogen-bond donors (Lipinski definition) is 1. The molecule has 0 bridgehead atoms. The molecule has 1 unspecified atom stereocenters. The molecule has 17 heavy (non-hydrogen) atoms. The fourth-order valence-corrected chi connectivity index (χ4v) is 2.05. The Hall–Kier alpha value is -0.870. The van der Waals surface area contributed by atoms with E-state index in [1.54, 1.807) is 7.11 Å². The third kappa shape index (κ3) is 4.48. The van der Waals surface area contributed by atoms with E-state index >= 15 is 0 Å². The zero-order chi connectivity index (χ0) is 12.8. The van der Waals surface area contributed by atoms with Crippen LogP contribution < -0.4 is 5.32 Å². The van der Waals surface area contributed by atoms with Crippen LogP contribution in [0.2, 0.25) is 0 Å². The van der Waals surface area contributed by atoms with Crippen molar-refractivity contribution < 1.29 is 9.53 Å². The summed E-state index contributed by atoms with van der Waals surface area (Å²) in [6.07, 6.45) is 0. The largest absolute Gasteiger partial charge is 0.383 e. The van der Waals surface area contributed by atoms with Gasteiger partial charge in [0.2, 0.25) is 0 Å². The molecule has 1 aromatic rings. The molecule has 4 heteroatoms. The van der Waals surface area contributed by atoms with E-state index in [2.05, 4.69) is 21.2 Å². The first-order chi connectivity index (χ1) is 8.06. The molecule has 1 rings (SSSR count). The van der Waals surface area contributed by atoms with Crippen molar-refractivity contribution in [1.82, 2.24) is 5.32 Å². The Balaban J connectivity index is 2.75. The Morgan fingerprint density at radius 2 is 1.94 bits per heavy atom. The number of hydrogen-bond acceptors (Lipinski definition) is 2. The van der Waals surface area contributed by atoms with Gasteiger partial charge in [-0.2, -0.15) is 0 Å². The zero-order valence-corrected chi connectivity index (χ0v) is 12.0. The lowest BCUT2D eigenvalue weighted by atomic mass is 10.1. The number of carbonyl (C=O) groups is 1. The van der Waals surface area contributed by atoms with Crippen LogP contribution in [0.4, 0.5) is 0 Å². The highest BCUT2D eigenvalue weighted by Crippen LogP contribution is 2.09. The van der Waals surface area contributed by atoms with Crippen LogP contribution in [0.25, 0.3) is 0 Å². The molecule has 0 aliphatic carbocycles. The molecule has 1 aromatic carbocycles. The molecular formula is C13H18BrNO2. The highest BCUT2D eigenvalue weighted by molar-refractivity contribution is 9.09. The molecule has 1 atom stereocenters. The van der Waals surface area contributed by atoms with Gasteiger partial charge in [0.1, 0.15) is 0 Å². The molecule has 94 valence electrons. The van der Waals surface area contributed by atoms with Gasteiger partial charge in [-0.25, -0.2) is 0 Å². The van der Waals surface area contributed by atoms with Crippen LogP contribution in [0.5, 0.6) is 0 Å². The molecule has 1 N–H and O–H groups in total. The van der Waals surface area contributed by atoms with Crippen molar-refractivity contribution in [2.24, 2.45) is 0 Å². The number of rotatable bonds is 5. The SMILES string of the molecule is COCC(CBr)NC(=O)c1cc(C)cc(C)c1. The number of alkyl halides is 1. The van der Waals surface area contributed by atoms with Crippen molar-refractivity contribution in [3.05, 3.63) is 34.9 Å². The third-order valence-corrected chi connectivity index (χ3v) is 3.15. The molecule has 0 aliphatic heterocycles. The average molecular weight is 300 g/mol. The Bertz CT molecular complexity index is 373.